The van der Waals surface area contributed by atoms with Gasteiger partial charge >= 0.3 is 0 Å². The van der Waals surface area contributed by atoms with Crippen LogP contribution in [0.2, 0.25) is 0 Å². The van der Waals surface area contributed by atoms with E-state index in [9.17, 15) is 9.59 Å². The fourth-order valence-electron chi connectivity index (χ4n) is 3.58. The quantitative estimate of drug-likeness (QED) is 0.811. The van der Waals surface area contributed by atoms with E-state index in [1.54, 1.807) is 0 Å². The van der Waals surface area contributed by atoms with Crippen LogP contribution in [0.5, 0.6) is 5.75 Å². The van der Waals surface area contributed by atoms with Crippen LogP contribution in [0, 0.1) is 6.92 Å². The molecule has 30 heavy (non-hydrogen) atoms. The van der Waals surface area contributed by atoms with Gasteiger partial charge in [-0.3, -0.25) is 9.59 Å². The minimum Gasteiger partial charge on any atom is -0.484 e. The first-order chi connectivity index (χ1) is 14.2. The Morgan fingerprint density at radius 1 is 1.00 bits per heavy atom. The van der Waals surface area contributed by atoms with Crippen molar-refractivity contribution in [1.82, 2.24) is 10.2 Å². The van der Waals surface area contributed by atoms with Crippen molar-refractivity contribution in [3.8, 4) is 5.75 Å². The molecule has 2 aromatic rings. The molecule has 1 fully saturated rings. The summed E-state index contributed by atoms with van der Waals surface area (Å²) in [4.78, 5) is 26.8. The molecule has 1 N–H and O–H groups in total. The van der Waals surface area contributed by atoms with E-state index in [1.807, 2.05) is 60.4 Å². The zero-order valence-corrected chi connectivity index (χ0v) is 18.4. The molecule has 0 unspecified atom stereocenters. The summed E-state index contributed by atoms with van der Waals surface area (Å²) in [6.07, 6.45) is 1.50. The molecule has 2 amide bonds. The lowest BCUT2D eigenvalue weighted by Gasteiger charge is -2.32. The Kier molecular flexibility index (Phi) is 6.80. The number of hydrogen-bond donors (Lipinski definition) is 1. The molecule has 1 saturated heterocycles. The van der Waals surface area contributed by atoms with E-state index < -0.39 is 0 Å². The molecule has 0 saturated carbocycles. The maximum absolute atomic E-state index is 12.8. The number of piperidine rings is 1. The Labute approximate surface area is 179 Å². The minimum absolute atomic E-state index is 0.00231. The molecule has 160 valence electrons. The number of likely N-dealkylation sites (tertiary alicyclic amines) is 1. The van der Waals surface area contributed by atoms with Crippen LogP contribution < -0.4 is 10.1 Å². The van der Waals surface area contributed by atoms with Crippen molar-refractivity contribution in [3.63, 3.8) is 0 Å². The fourth-order valence-corrected chi connectivity index (χ4v) is 3.58. The highest BCUT2D eigenvalue weighted by Gasteiger charge is 2.25. The third-order valence-corrected chi connectivity index (χ3v) is 5.54. The molecule has 1 heterocycles. The highest BCUT2D eigenvalue weighted by Crippen LogP contribution is 2.23. The lowest BCUT2D eigenvalue weighted by molar-refractivity contribution is -0.124. The van der Waals surface area contributed by atoms with E-state index in [4.69, 9.17) is 4.74 Å². The number of hydrogen-bond acceptors (Lipinski definition) is 3. The number of benzene rings is 2. The molecule has 5 heteroatoms. The Hall–Kier alpha value is -2.82. The summed E-state index contributed by atoms with van der Waals surface area (Å²) in [5.74, 6) is 0.620. The molecule has 0 aromatic heterocycles. The standard InChI is InChI=1S/C25H32N2O3/c1-18-5-11-22(12-6-18)30-17-23(28)26-21-13-15-27(16-14-21)24(29)19-7-9-20(10-8-19)25(2,3)4/h5-12,21H,13-17H2,1-4H3,(H,26,28). The molecule has 0 bridgehead atoms. The largest absolute Gasteiger partial charge is 0.484 e. The summed E-state index contributed by atoms with van der Waals surface area (Å²) >= 11 is 0. The van der Waals surface area contributed by atoms with Gasteiger partial charge in [-0.2, -0.15) is 0 Å². The van der Waals surface area contributed by atoms with Crippen LogP contribution in [0.15, 0.2) is 48.5 Å². The Morgan fingerprint density at radius 2 is 1.60 bits per heavy atom. The second-order valence-electron chi connectivity index (χ2n) is 9.06. The predicted molar refractivity (Wildman–Crippen MR) is 119 cm³/mol. The second kappa shape index (κ2) is 9.33. The summed E-state index contributed by atoms with van der Waals surface area (Å²) in [6, 6.07) is 15.6. The van der Waals surface area contributed by atoms with Crippen molar-refractivity contribution in [2.75, 3.05) is 19.7 Å². The maximum atomic E-state index is 12.8. The van der Waals surface area contributed by atoms with E-state index in [0.29, 0.717) is 18.8 Å². The van der Waals surface area contributed by atoms with Gasteiger partial charge in [0.25, 0.3) is 11.8 Å². The molecule has 0 atom stereocenters. The van der Waals surface area contributed by atoms with E-state index >= 15 is 0 Å². The third kappa shape index (κ3) is 5.85. The normalized spacial score (nSPS) is 15.0. The number of rotatable bonds is 5. The number of nitrogens with zero attached hydrogens (tertiary/aromatic N) is 1. The molecule has 0 spiro atoms. The summed E-state index contributed by atoms with van der Waals surface area (Å²) in [5.41, 5.74) is 3.16. The first-order valence-corrected chi connectivity index (χ1v) is 10.6. The van der Waals surface area contributed by atoms with Gasteiger partial charge in [0.05, 0.1) is 0 Å². The van der Waals surface area contributed by atoms with Gasteiger partial charge in [0.2, 0.25) is 0 Å². The molecule has 0 aliphatic carbocycles. The number of amides is 2. The molecule has 5 nitrogen and oxygen atoms in total. The molecular formula is C25H32N2O3. The van der Waals surface area contributed by atoms with Crippen molar-refractivity contribution < 1.29 is 14.3 Å². The van der Waals surface area contributed by atoms with Gasteiger partial charge in [0, 0.05) is 24.7 Å². The van der Waals surface area contributed by atoms with Crippen LogP contribution in [0.1, 0.15) is 55.1 Å². The monoisotopic (exact) mass is 408 g/mol. The van der Waals surface area contributed by atoms with Crippen LogP contribution in [0.3, 0.4) is 0 Å². The van der Waals surface area contributed by atoms with Gasteiger partial charge in [-0.05, 0) is 55.0 Å². The zero-order chi connectivity index (χ0) is 21.7. The van der Waals surface area contributed by atoms with E-state index in [-0.39, 0.29) is 29.9 Å². The van der Waals surface area contributed by atoms with Crippen molar-refractivity contribution >= 4 is 11.8 Å². The van der Waals surface area contributed by atoms with E-state index in [2.05, 4.69) is 26.1 Å². The number of ether oxygens (including phenoxy) is 1. The fraction of sp³-hybridized carbons (Fsp3) is 0.440. The van der Waals surface area contributed by atoms with Crippen LogP contribution in [0.25, 0.3) is 0 Å². The molecule has 2 aromatic carbocycles. The average Bonchev–Trinajstić information content (AvgIpc) is 2.73. The second-order valence-corrected chi connectivity index (χ2v) is 9.06. The number of nitrogens with one attached hydrogen (secondary N) is 1. The summed E-state index contributed by atoms with van der Waals surface area (Å²) in [5, 5.41) is 3.02. The van der Waals surface area contributed by atoms with Crippen molar-refractivity contribution in [2.24, 2.45) is 0 Å². The Bertz CT molecular complexity index is 859. The maximum Gasteiger partial charge on any atom is 0.258 e. The van der Waals surface area contributed by atoms with Gasteiger partial charge in [0.1, 0.15) is 5.75 Å². The summed E-state index contributed by atoms with van der Waals surface area (Å²) in [7, 11) is 0. The highest BCUT2D eigenvalue weighted by atomic mass is 16.5. The lowest BCUT2D eigenvalue weighted by atomic mass is 9.86. The van der Waals surface area contributed by atoms with Crippen LogP contribution in [-0.4, -0.2) is 42.5 Å². The summed E-state index contributed by atoms with van der Waals surface area (Å²) in [6.45, 7) is 9.78. The number of aryl methyl sites for hydroxylation is 1. The molecule has 3 rings (SSSR count). The number of carbonyl (C=O) groups is 2. The van der Waals surface area contributed by atoms with Gasteiger partial charge in [0.15, 0.2) is 6.61 Å². The summed E-state index contributed by atoms with van der Waals surface area (Å²) < 4.78 is 5.54. The minimum atomic E-state index is -0.127. The Balaban J connectivity index is 1.44. The van der Waals surface area contributed by atoms with E-state index in [1.165, 1.54) is 5.56 Å². The Morgan fingerprint density at radius 3 is 2.17 bits per heavy atom. The number of carbonyl (C=O) groups excluding carboxylic acids is 2. The van der Waals surface area contributed by atoms with Gasteiger partial charge in [-0.1, -0.05) is 50.6 Å². The average molecular weight is 409 g/mol. The molecular weight excluding hydrogens is 376 g/mol. The molecule has 1 aliphatic heterocycles. The van der Waals surface area contributed by atoms with E-state index in [0.717, 1.165) is 24.0 Å². The van der Waals surface area contributed by atoms with Crippen LogP contribution >= 0.6 is 0 Å². The topological polar surface area (TPSA) is 58.6 Å². The van der Waals surface area contributed by atoms with Gasteiger partial charge in [-0.15, -0.1) is 0 Å². The van der Waals surface area contributed by atoms with Crippen LogP contribution in [-0.2, 0) is 10.2 Å². The molecule has 0 radical (unpaired) electrons. The van der Waals surface area contributed by atoms with Gasteiger partial charge in [-0.25, -0.2) is 0 Å². The third-order valence-electron chi connectivity index (χ3n) is 5.54. The zero-order valence-electron chi connectivity index (χ0n) is 18.4. The first kappa shape index (κ1) is 21.9. The smallest absolute Gasteiger partial charge is 0.258 e. The van der Waals surface area contributed by atoms with Crippen molar-refractivity contribution in [1.29, 1.82) is 0 Å². The van der Waals surface area contributed by atoms with Gasteiger partial charge < -0.3 is 15.0 Å². The van der Waals surface area contributed by atoms with Crippen molar-refractivity contribution in [2.45, 2.75) is 52.0 Å². The molecule has 1 aliphatic rings. The van der Waals surface area contributed by atoms with Crippen molar-refractivity contribution in [3.05, 3.63) is 65.2 Å². The predicted octanol–water partition coefficient (Wildman–Crippen LogP) is 4.09. The highest BCUT2D eigenvalue weighted by molar-refractivity contribution is 5.94. The SMILES string of the molecule is Cc1ccc(OCC(=O)NC2CCN(C(=O)c3ccc(C(C)(C)C)cc3)CC2)cc1. The lowest BCUT2D eigenvalue weighted by Crippen LogP contribution is -2.47. The van der Waals surface area contributed by atoms with Crippen LogP contribution in [0.4, 0.5) is 0 Å². The first-order valence-electron chi connectivity index (χ1n) is 10.6.